The van der Waals surface area contributed by atoms with Crippen LogP contribution < -0.4 is 10.1 Å². The normalized spacial score (nSPS) is 11.6. The fourth-order valence-electron chi connectivity index (χ4n) is 2.96. The van der Waals surface area contributed by atoms with Crippen molar-refractivity contribution < 1.29 is 23.6 Å². The molecule has 0 saturated heterocycles. The minimum Gasteiger partial charge on any atom is -0.488 e. The number of hydrogen-bond acceptors (Lipinski definition) is 6. The monoisotopic (exact) mass is 422 g/mol. The highest BCUT2D eigenvalue weighted by Gasteiger charge is 2.22. The molecule has 1 aromatic heterocycles. The lowest BCUT2D eigenvalue weighted by atomic mass is 10.1. The van der Waals surface area contributed by atoms with Crippen molar-refractivity contribution >= 4 is 17.6 Å². The number of nitrogens with zero attached hydrogens (tertiary/aromatic N) is 1. The summed E-state index contributed by atoms with van der Waals surface area (Å²) >= 11 is 0. The summed E-state index contributed by atoms with van der Waals surface area (Å²) in [5.41, 5.74) is 3.61. The number of carbonyl (C=O) groups excluding carboxylic acids is 2. The number of esters is 1. The highest BCUT2D eigenvalue weighted by atomic mass is 16.5. The SMILES string of the molecule is CCc1ccc(NC(=O)[C@H](C)OC(=O)c2ccccc2OCc2c(C)noc2C)cc1. The van der Waals surface area contributed by atoms with Gasteiger partial charge in [0, 0.05) is 5.69 Å². The van der Waals surface area contributed by atoms with Crippen molar-refractivity contribution in [3.8, 4) is 5.75 Å². The van der Waals surface area contributed by atoms with Gasteiger partial charge in [-0.2, -0.15) is 0 Å². The van der Waals surface area contributed by atoms with Crippen LogP contribution >= 0.6 is 0 Å². The van der Waals surface area contributed by atoms with Crippen LogP contribution in [0, 0.1) is 13.8 Å². The molecule has 3 rings (SSSR count). The van der Waals surface area contributed by atoms with E-state index in [1.165, 1.54) is 12.5 Å². The Kier molecular flexibility index (Phi) is 7.07. The standard InChI is InChI=1S/C24H26N2O5/c1-5-18-10-12-19(13-11-18)25-23(27)17(4)30-24(28)20-8-6-7-9-22(20)29-14-21-15(2)26-31-16(21)3/h6-13,17H,5,14H2,1-4H3,(H,25,27)/t17-/m0/s1. The number of carbonyl (C=O) groups is 2. The van der Waals surface area contributed by atoms with E-state index in [1.807, 2.05) is 31.2 Å². The first-order valence-corrected chi connectivity index (χ1v) is 10.1. The number of nitrogens with one attached hydrogen (secondary N) is 1. The summed E-state index contributed by atoms with van der Waals surface area (Å²) < 4.78 is 16.3. The Labute approximate surface area is 181 Å². The van der Waals surface area contributed by atoms with E-state index in [1.54, 1.807) is 31.2 Å². The van der Waals surface area contributed by atoms with Gasteiger partial charge in [-0.1, -0.05) is 36.3 Å². The van der Waals surface area contributed by atoms with Crippen molar-refractivity contribution in [2.24, 2.45) is 0 Å². The first-order chi connectivity index (χ1) is 14.9. The molecule has 0 aliphatic carbocycles. The van der Waals surface area contributed by atoms with E-state index < -0.39 is 18.0 Å². The maximum atomic E-state index is 12.7. The Morgan fingerprint density at radius 1 is 1.10 bits per heavy atom. The van der Waals surface area contributed by atoms with E-state index in [0.29, 0.717) is 17.2 Å². The molecule has 0 unspecified atom stereocenters. The van der Waals surface area contributed by atoms with Gasteiger partial charge in [0.2, 0.25) is 0 Å². The summed E-state index contributed by atoms with van der Waals surface area (Å²) in [5, 5.41) is 6.65. The van der Waals surface area contributed by atoms with Crippen LogP contribution in [0.4, 0.5) is 5.69 Å². The molecule has 31 heavy (non-hydrogen) atoms. The number of anilines is 1. The molecule has 162 valence electrons. The maximum Gasteiger partial charge on any atom is 0.342 e. The zero-order chi connectivity index (χ0) is 22.4. The van der Waals surface area contributed by atoms with Crippen molar-refractivity contribution in [1.82, 2.24) is 5.16 Å². The van der Waals surface area contributed by atoms with E-state index in [0.717, 1.165) is 17.7 Å². The summed E-state index contributed by atoms with van der Waals surface area (Å²) in [6, 6.07) is 14.3. The summed E-state index contributed by atoms with van der Waals surface area (Å²) in [7, 11) is 0. The lowest BCUT2D eigenvalue weighted by Crippen LogP contribution is -2.30. The zero-order valence-corrected chi connectivity index (χ0v) is 18.1. The molecule has 0 bridgehead atoms. The van der Waals surface area contributed by atoms with Crippen LogP contribution in [-0.2, 0) is 22.6 Å². The number of aryl methyl sites for hydroxylation is 3. The smallest absolute Gasteiger partial charge is 0.342 e. The molecule has 0 aliphatic heterocycles. The summed E-state index contributed by atoms with van der Waals surface area (Å²) in [6.45, 7) is 7.42. The second kappa shape index (κ2) is 9.93. The van der Waals surface area contributed by atoms with Crippen LogP contribution in [0.3, 0.4) is 0 Å². The van der Waals surface area contributed by atoms with E-state index in [-0.39, 0.29) is 12.2 Å². The molecule has 0 spiro atoms. The van der Waals surface area contributed by atoms with Crippen LogP contribution in [0.1, 0.15) is 46.8 Å². The molecule has 1 heterocycles. The largest absolute Gasteiger partial charge is 0.488 e. The number of rotatable bonds is 8. The topological polar surface area (TPSA) is 90.7 Å². The minimum absolute atomic E-state index is 0.204. The van der Waals surface area contributed by atoms with Gasteiger partial charge in [-0.3, -0.25) is 4.79 Å². The first-order valence-electron chi connectivity index (χ1n) is 10.1. The molecular weight excluding hydrogens is 396 g/mol. The van der Waals surface area contributed by atoms with Gasteiger partial charge in [0.15, 0.2) is 6.10 Å². The lowest BCUT2D eigenvalue weighted by molar-refractivity contribution is -0.123. The zero-order valence-electron chi connectivity index (χ0n) is 18.1. The molecule has 0 fully saturated rings. The van der Waals surface area contributed by atoms with Gasteiger partial charge >= 0.3 is 5.97 Å². The van der Waals surface area contributed by atoms with Gasteiger partial charge in [0.25, 0.3) is 5.91 Å². The molecule has 7 nitrogen and oxygen atoms in total. The summed E-state index contributed by atoms with van der Waals surface area (Å²) in [4.78, 5) is 25.1. The number of ether oxygens (including phenoxy) is 2. The third-order valence-corrected chi connectivity index (χ3v) is 4.94. The molecule has 0 aliphatic rings. The van der Waals surface area contributed by atoms with E-state index in [4.69, 9.17) is 14.0 Å². The van der Waals surface area contributed by atoms with E-state index in [9.17, 15) is 9.59 Å². The Bertz CT molecular complexity index is 1040. The van der Waals surface area contributed by atoms with Crippen molar-refractivity contribution in [2.75, 3.05) is 5.32 Å². The highest BCUT2D eigenvalue weighted by molar-refractivity contribution is 5.98. The Balaban J connectivity index is 1.63. The Morgan fingerprint density at radius 3 is 2.45 bits per heavy atom. The van der Waals surface area contributed by atoms with Crippen LogP contribution in [0.25, 0.3) is 0 Å². The number of para-hydroxylation sites is 1. The summed E-state index contributed by atoms with van der Waals surface area (Å²) in [6.07, 6.45) is -0.0612. The molecule has 1 atom stereocenters. The molecule has 3 aromatic rings. The van der Waals surface area contributed by atoms with Crippen molar-refractivity contribution in [1.29, 1.82) is 0 Å². The van der Waals surface area contributed by atoms with Gasteiger partial charge in [-0.15, -0.1) is 0 Å². The van der Waals surface area contributed by atoms with Gasteiger partial charge in [0.05, 0.1) is 11.3 Å². The van der Waals surface area contributed by atoms with Gasteiger partial charge < -0.3 is 19.3 Å². The van der Waals surface area contributed by atoms with E-state index in [2.05, 4.69) is 17.4 Å². The number of aromatic nitrogens is 1. The number of hydrogen-bond donors (Lipinski definition) is 1. The average Bonchev–Trinajstić information content (AvgIpc) is 3.10. The van der Waals surface area contributed by atoms with Crippen molar-refractivity contribution in [2.45, 2.75) is 46.8 Å². The Morgan fingerprint density at radius 2 is 1.81 bits per heavy atom. The van der Waals surface area contributed by atoms with Gasteiger partial charge in [0.1, 0.15) is 23.7 Å². The predicted molar refractivity (Wildman–Crippen MR) is 116 cm³/mol. The molecule has 1 N–H and O–H groups in total. The molecule has 0 saturated carbocycles. The van der Waals surface area contributed by atoms with Crippen LogP contribution in [0.5, 0.6) is 5.75 Å². The second-order valence-electron chi connectivity index (χ2n) is 7.17. The highest BCUT2D eigenvalue weighted by Crippen LogP contribution is 2.23. The summed E-state index contributed by atoms with van der Waals surface area (Å²) in [5.74, 6) is -0.0323. The molecule has 7 heteroatoms. The van der Waals surface area contributed by atoms with Crippen LogP contribution in [-0.4, -0.2) is 23.1 Å². The van der Waals surface area contributed by atoms with Gasteiger partial charge in [-0.05, 0) is 57.0 Å². The molecule has 2 aromatic carbocycles. The van der Waals surface area contributed by atoms with Crippen molar-refractivity contribution in [3.05, 3.63) is 76.7 Å². The minimum atomic E-state index is -0.978. The Hall–Kier alpha value is -3.61. The third kappa shape index (κ3) is 5.51. The first kappa shape index (κ1) is 22.1. The van der Waals surface area contributed by atoms with Crippen LogP contribution in [0.15, 0.2) is 53.1 Å². The lowest BCUT2D eigenvalue weighted by Gasteiger charge is -2.15. The second-order valence-corrected chi connectivity index (χ2v) is 7.17. The third-order valence-electron chi connectivity index (χ3n) is 4.94. The quantitative estimate of drug-likeness (QED) is 0.533. The van der Waals surface area contributed by atoms with Crippen molar-refractivity contribution in [3.63, 3.8) is 0 Å². The maximum absolute atomic E-state index is 12.7. The number of amides is 1. The fraction of sp³-hybridized carbons (Fsp3) is 0.292. The molecule has 1 amide bonds. The van der Waals surface area contributed by atoms with E-state index >= 15 is 0 Å². The molecule has 0 radical (unpaired) electrons. The van der Waals surface area contributed by atoms with Gasteiger partial charge in [-0.25, -0.2) is 4.79 Å². The molecular formula is C24H26N2O5. The average molecular weight is 422 g/mol. The fourth-order valence-corrected chi connectivity index (χ4v) is 2.96. The van der Waals surface area contributed by atoms with Crippen LogP contribution in [0.2, 0.25) is 0 Å². The number of benzene rings is 2. The predicted octanol–water partition coefficient (Wildman–Crippen LogP) is 4.62.